The van der Waals surface area contributed by atoms with Crippen molar-refractivity contribution in [3.8, 4) is 5.75 Å². The molecule has 7 heteroatoms. The molecule has 0 saturated heterocycles. The summed E-state index contributed by atoms with van der Waals surface area (Å²) in [7, 11) is 0. The van der Waals surface area contributed by atoms with Crippen LogP contribution in [0.15, 0.2) is 77.2 Å². The van der Waals surface area contributed by atoms with Gasteiger partial charge in [-0.3, -0.25) is 5.10 Å². The first-order valence-corrected chi connectivity index (χ1v) is 10.1. The summed E-state index contributed by atoms with van der Waals surface area (Å²) in [6.07, 6.45) is 2.48. The molecule has 0 aliphatic rings. The maximum absolute atomic E-state index is 5.88. The van der Waals surface area contributed by atoms with Crippen molar-refractivity contribution in [1.82, 2.24) is 14.9 Å². The van der Waals surface area contributed by atoms with Crippen LogP contribution in [0.25, 0.3) is 0 Å². The lowest BCUT2D eigenvalue weighted by atomic mass is 10.1. The highest BCUT2D eigenvalue weighted by atomic mass is 32.1. The van der Waals surface area contributed by atoms with Gasteiger partial charge in [-0.1, -0.05) is 48.5 Å². The third kappa shape index (κ3) is 4.44. The Balaban J connectivity index is 1.54. The van der Waals surface area contributed by atoms with E-state index in [0.29, 0.717) is 17.8 Å². The van der Waals surface area contributed by atoms with E-state index in [9.17, 15) is 0 Å². The van der Waals surface area contributed by atoms with Crippen LogP contribution in [0, 0.1) is 4.77 Å². The zero-order valence-corrected chi connectivity index (χ0v) is 16.6. The first-order valence-electron chi connectivity index (χ1n) is 8.78. The molecule has 0 amide bonds. The lowest BCUT2D eigenvalue weighted by Gasteiger charge is -2.08. The SMILES string of the molecule is S=c1[nH]nc(Cc2cccs2)n1/N=C\c1ccccc1COc1ccccc1. The molecule has 0 atom stereocenters. The lowest BCUT2D eigenvalue weighted by molar-refractivity contribution is 0.306. The number of para-hydroxylation sites is 1. The van der Waals surface area contributed by atoms with E-state index in [2.05, 4.69) is 21.4 Å². The van der Waals surface area contributed by atoms with Gasteiger partial charge in [0.1, 0.15) is 12.4 Å². The second kappa shape index (κ2) is 8.77. The van der Waals surface area contributed by atoms with E-state index in [-0.39, 0.29) is 0 Å². The molecule has 2 aromatic heterocycles. The third-order valence-electron chi connectivity index (χ3n) is 4.13. The summed E-state index contributed by atoms with van der Waals surface area (Å²) in [5, 5.41) is 13.8. The normalized spacial score (nSPS) is 11.1. The fourth-order valence-corrected chi connectivity index (χ4v) is 3.62. The minimum absolute atomic E-state index is 0.463. The predicted molar refractivity (Wildman–Crippen MR) is 115 cm³/mol. The van der Waals surface area contributed by atoms with Gasteiger partial charge >= 0.3 is 0 Å². The van der Waals surface area contributed by atoms with Crippen molar-refractivity contribution < 1.29 is 4.74 Å². The molecule has 4 aromatic rings. The fourth-order valence-electron chi connectivity index (χ4n) is 2.72. The molecule has 0 spiro atoms. The molecule has 0 saturated carbocycles. The minimum Gasteiger partial charge on any atom is -0.489 e. The zero-order chi connectivity index (χ0) is 19.2. The molecule has 0 aliphatic carbocycles. The van der Waals surface area contributed by atoms with Crippen LogP contribution in [-0.2, 0) is 13.0 Å². The van der Waals surface area contributed by atoms with Gasteiger partial charge in [-0.2, -0.15) is 14.9 Å². The summed E-state index contributed by atoms with van der Waals surface area (Å²) in [6, 6.07) is 21.9. The van der Waals surface area contributed by atoms with Gasteiger partial charge in [0.15, 0.2) is 5.82 Å². The predicted octanol–water partition coefficient (Wildman–Crippen LogP) is 5.05. The first-order chi connectivity index (χ1) is 13.8. The minimum atomic E-state index is 0.463. The molecule has 0 unspecified atom stereocenters. The van der Waals surface area contributed by atoms with E-state index in [4.69, 9.17) is 17.0 Å². The Hall–Kier alpha value is -3.03. The average Bonchev–Trinajstić information content (AvgIpc) is 3.37. The first kappa shape index (κ1) is 18.3. The highest BCUT2D eigenvalue weighted by Crippen LogP contribution is 2.15. The Morgan fingerprint density at radius 1 is 1.07 bits per heavy atom. The fraction of sp³-hybridized carbons (Fsp3) is 0.0952. The molecular formula is C21H18N4OS2. The number of hydrogen-bond acceptors (Lipinski definition) is 5. The van der Waals surface area contributed by atoms with Gasteiger partial charge in [0.25, 0.3) is 0 Å². The topological polar surface area (TPSA) is 55.2 Å². The summed E-state index contributed by atoms with van der Waals surface area (Å²) in [4.78, 5) is 1.21. The largest absolute Gasteiger partial charge is 0.489 e. The number of rotatable bonds is 7. The molecule has 0 radical (unpaired) electrons. The number of ether oxygens (including phenoxy) is 1. The molecule has 0 bridgehead atoms. The summed E-state index contributed by atoms with van der Waals surface area (Å²) < 4.78 is 8.02. The van der Waals surface area contributed by atoms with E-state index in [1.165, 1.54) is 4.88 Å². The molecule has 4 rings (SSSR count). The maximum atomic E-state index is 5.88. The van der Waals surface area contributed by atoms with Gasteiger partial charge in [0, 0.05) is 16.9 Å². The molecule has 0 aliphatic heterocycles. The second-order valence-corrected chi connectivity index (χ2v) is 7.48. The molecule has 5 nitrogen and oxygen atoms in total. The van der Waals surface area contributed by atoms with Crippen LogP contribution >= 0.6 is 23.6 Å². The Bertz CT molecular complexity index is 1110. The lowest BCUT2D eigenvalue weighted by Crippen LogP contribution is -2.02. The molecule has 1 N–H and O–H groups in total. The van der Waals surface area contributed by atoms with Crippen LogP contribution in [0.1, 0.15) is 21.8 Å². The van der Waals surface area contributed by atoms with E-state index in [1.807, 2.05) is 66.0 Å². The summed E-state index contributed by atoms with van der Waals surface area (Å²) >= 11 is 7.03. The third-order valence-corrected chi connectivity index (χ3v) is 5.28. The number of nitrogens with one attached hydrogen (secondary N) is 1. The standard InChI is InChI=1S/C21H18N4OS2/c27-21-24-23-20(13-19-11-6-12-28-19)25(21)22-14-16-7-4-5-8-17(16)15-26-18-9-2-1-3-10-18/h1-12,14H,13,15H2,(H,24,27)/b22-14-. The van der Waals surface area contributed by atoms with Crippen molar-refractivity contribution in [2.75, 3.05) is 0 Å². The number of aromatic nitrogens is 3. The van der Waals surface area contributed by atoms with Crippen LogP contribution < -0.4 is 4.74 Å². The zero-order valence-electron chi connectivity index (χ0n) is 15.0. The average molecular weight is 407 g/mol. The highest BCUT2D eigenvalue weighted by Gasteiger charge is 2.07. The number of H-pyrrole nitrogens is 1. The van der Waals surface area contributed by atoms with E-state index < -0.39 is 0 Å². The van der Waals surface area contributed by atoms with Gasteiger partial charge < -0.3 is 4.74 Å². The van der Waals surface area contributed by atoms with Crippen molar-refractivity contribution in [2.24, 2.45) is 5.10 Å². The van der Waals surface area contributed by atoms with Gasteiger partial charge in [-0.25, -0.2) is 0 Å². The Morgan fingerprint density at radius 3 is 2.71 bits per heavy atom. The number of thiophene rings is 1. The molecule has 140 valence electrons. The van der Waals surface area contributed by atoms with Crippen molar-refractivity contribution >= 4 is 29.8 Å². The van der Waals surface area contributed by atoms with Gasteiger partial charge in [0.2, 0.25) is 4.77 Å². The van der Waals surface area contributed by atoms with Gasteiger partial charge in [-0.05, 0) is 41.4 Å². The number of benzene rings is 2. The van der Waals surface area contributed by atoms with Gasteiger partial charge in [0.05, 0.1) is 6.21 Å². The summed E-state index contributed by atoms with van der Waals surface area (Å²) in [6.45, 7) is 0.463. The molecular weight excluding hydrogens is 388 g/mol. The van der Waals surface area contributed by atoms with E-state index in [0.717, 1.165) is 22.7 Å². The number of nitrogens with zero attached hydrogens (tertiary/aromatic N) is 3. The van der Waals surface area contributed by atoms with Crippen LogP contribution in [0.5, 0.6) is 5.75 Å². The van der Waals surface area contributed by atoms with Crippen molar-refractivity contribution in [1.29, 1.82) is 0 Å². The quantitative estimate of drug-likeness (QED) is 0.345. The molecule has 2 aromatic carbocycles. The monoisotopic (exact) mass is 406 g/mol. The summed E-state index contributed by atoms with van der Waals surface area (Å²) in [5.41, 5.74) is 2.02. The number of aromatic amines is 1. The van der Waals surface area contributed by atoms with Gasteiger partial charge in [-0.15, -0.1) is 11.3 Å². The van der Waals surface area contributed by atoms with E-state index in [1.54, 1.807) is 22.2 Å². The Labute approximate surface area is 172 Å². The van der Waals surface area contributed by atoms with Crippen LogP contribution in [0.3, 0.4) is 0 Å². The smallest absolute Gasteiger partial charge is 0.216 e. The molecule has 2 heterocycles. The highest BCUT2D eigenvalue weighted by molar-refractivity contribution is 7.71. The number of hydrogen-bond donors (Lipinski definition) is 1. The molecule has 28 heavy (non-hydrogen) atoms. The Kier molecular flexibility index (Phi) is 5.75. The molecule has 0 fully saturated rings. The van der Waals surface area contributed by atoms with Crippen molar-refractivity contribution in [3.63, 3.8) is 0 Å². The van der Waals surface area contributed by atoms with Crippen LogP contribution in [0.4, 0.5) is 0 Å². The second-order valence-electron chi connectivity index (χ2n) is 6.06. The van der Waals surface area contributed by atoms with Crippen molar-refractivity contribution in [2.45, 2.75) is 13.0 Å². The summed E-state index contributed by atoms with van der Waals surface area (Å²) in [5.74, 6) is 1.62. The van der Waals surface area contributed by atoms with Crippen LogP contribution in [-0.4, -0.2) is 21.1 Å². The maximum Gasteiger partial charge on any atom is 0.216 e. The van der Waals surface area contributed by atoms with E-state index >= 15 is 0 Å². The van der Waals surface area contributed by atoms with Crippen molar-refractivity contribution in [3.05, 3.63) is 98.7 Å². The Morgan fingerprint density at radius 2 is 1.89 bits per heavy atom. The van der Waals surface area contributed by atoms with Crippen LogP contribution in [0.2, 0.25) is 0 Å².